The molecule has 0 spiro atoms. The molecule has 0 bridgehead atoms. The highest BCUT2D eigenvalue weighted by Gasteiger charge is 2.19. The molecule has 1 fully saturated rings. The standard InChI is InChI=1S/C20H21N3O2/c1-2-25-20(24)17-13-23(19-8-4-3-6-16(17)19)15-10-14(11-21-12-15)18-7-5-9-22-18/h3-4,6,8,10-13,18,22H,2,5,7,9H2,1H3/t18-/m0/s1. The van der Waals surface area contributed by atoms with Gasteiger partial charge in [0.15, 0.2) is 0 Å². The number of carbonyl (C=O) groups is 1. The second kappa shape index (κ2) is 6.69. The van der Waals surface area contributed by atoms with E-state index in [0.717, 1.165) is 29.6 Å². The zero-order valence-corrected chi connectivity index (χ0v) is 14.2. The number of aromatic nitrogens is 2. The Morgan fingerprint density at radius 1 is 1.36 bits per heavy atom. The number of hydrogen-bond donors (Lipinski definition) is 1. The molecule has 0 saturated carbocycles. The number of ether oxygens (including phenoxy) is 1. The molecule has 1 aliphatic heterocycles. The van der Waals surface area contributed by atoms with Gasteiger partial charge in [-0.05, 0) is 44.0 Å². The van der Waals surface area contributed by atoms with E-state index < -0.39 is 0 Å². The van der Waals surface area contributed by atoms with E-state index in [1.165, 1.54) is 12.0 Å². The predicted molar refractivity (Wildman–Crippen MR) is 97.0 cm³/mol. The zero-order chi connectivity index (χ0) is 17.2. The highest BCUT2D eigenvalue weighted by molar-refractivity contribution is 6.04. The largest absolute Gasteiger partial charge is 0.462 e. The number of carbonyl (C=O) groups excluding carboxylic acids is 1. The van der Waals surface area contributed by atoms with Crippen molar-refractivity contribution in [3.8, 4) is 5.69 Å². The number of nitrogens with zero attached hydrogens (tertiary/aromatic N) is 2. The molecule has 1 saturated heterocycles. The van der Waals surface area contributed by atoms with Crippen LogP contribution >= 0.6 is 0 Å². The van der Waals surface area contributed by atoms with Gasteiger partial charge in [-0.2, -0.15) is 0 Å². The summed E-state index contributed by atoms with van der Waals surface area (Å²) in [7, 11) is 0. The second-order valence-corrected chi connectivity index (χ2v) is 6.28. The molecule has 0 radical (unpaired) electrons. The Labute approximate surface area is 146 Å². The Kier molecular flexibility index (Phi) is 4.24. The Hall–Kier alpha value is -2.66. The van der Waals surface area contributed by atoms with Crippen LogP contribution in [-0.4, -0.2) is 28.7 Å². The summed E-state index contributed by atoms with van der Waals surface area (Å²) >= 11 is 0. The molecular formula is C20H21N3O2. The maximum atomic E-state index is 12.3. The SMILES string of the molecule is CCOC(=O)c1cn(-c2cncc([C@@H]3CCCN3)c2)c2ccccc12. The minimum atomic E-state index is -0.293. The van der Waals surface area contributed by atoms with Crippen molar-refractivity contribution in [2.45, 2.75) is 25.8 Å². The lowest BCUT2D eigenvalue weighted by Crippen LogP contribution is -2.13. The van der Waals surface area contributed by atoms with E-state index in [9.17, 15) is 4.79 Å². The fourth-order valence-electron chi connectivity index (χ4n) is 3.50. The van der Waals surface area contributed by atoms with E-state index in [-0.39, 0.29) is 5.97 Å². The van der Waals surface area contributed by atoms with Crippen LogP contribution < -0.4 is 5.32 Å². The fraction of sp³-hybridized carbons (Fsp3) is 0.300. The molecule has 5 heteroatoms. The van der Waals surface area contributed by atoms with Gasteiger partial charge >= 0.3 is 5.97 Å². The van der Waals surface area contributed by atoms with Crippen LogP contribution in [0.4, 0.5) is 0 Å². The smallest absolute Gasteiger partial charge is 0.340 e. The minimum absolute atomic E-state index is 0.293. The minimum Gasteiger partial charge on any atom is -0.462 e. The molecule has 0 unspecified atom stereocenters. The first-order valence-electron chi connectivity index (χ1n) is 8.74. The lowest BCUT2D eigenvalue weighted by molar-refractivity contribution is 0.0528. The number of para-hydroxylation sites is 1. The molecule has 3 aromatic rings. The van der Waals surface area contributed by atoms with Crippen LogP contribution in [-0.2, 0) is 4.74 Å². The first-order chi connectivity index (χ1) is 12.3. The first-order valence-corrected chi connectivity index (χ1v) is 8.74. The third-order valence-corrected chi connectivity index (χ3v) is 4.69. The Balaban J connectivity index is 1.81. The summed E-state index contributed by atoms with van der Waals surface area (Å²) in [4.78, 5) is 16.7. The number of nitrogens with one attached hydrogen (secondary N) is 1. The third-order valence-electron chi connectivity index (χ3n) is 4.69. The van der Waals surface area contributed by atoms with Gasteiger partial charge in [-0.1, -0.05) is 18.2 Å². The van der Waals surface area contributed by atoms with Gasteiger partial charge in [-0.15, -0.1) is 0 Å². The maximum absolute atomic E-state index is 12.3. The van der Waals surface area contributed by atoms with Crippen molar-refractivity contribution in [1.29, 1.82) is 0 Å². The molecule has 25 heavy (non-hydrogen) atoms. The summed E-state index contributed by atoms with van der Waals surface area (Å²) < 4.78 is 7.23. The van der Waals surface area contributed by atoms with Crippen molar-refractivity contribution in [1.82, 2.24) is 14.9 Å². The molecule has 3 heterocycles. The van der Waals surface area contributed by atoms with Crippen LogP contribution in [0.3, 0.4) is 0 Å². The quantitative estimate of drug-likeness (QED) is 0.740. The van der Waals surface area contributed by atoms with Crippen molar-refractivity contribution < 1.29 is 9.53 Å². The van der Waals surface area contributed by atoms with E-state index >= 15 is 0 Å². The first kappa shape index (κ1) is 15.8. The van der Waals surface area contributed by atoms with E-state index in [2.05, 4.69) is 16.4 Å². The molecule has 0 amide bonds. The number of pyridine rings is 1. The van der Waals surface area contributed by atoms with Gasteiger partial charge in [0.25, 0.3) is 0 Å². The summed E-state index contributed by atoms with van der Waals surface area (Å²) in [6.07, 6.45) is 7.93. The monoisotopic (exact) mass is 335 g/mol. The number of rotatable bonds is 4. The summed E-state index contributed by atoms with van der Waals surface area (Å²) in [6, 6.07) is 10.4. The summed E-state index contributed by atoms with van der Waals surface area (Å²) in [5.74, 6) is -0.293. The number of benzene rings is 1. The van der Waals surface area contributed by atoms with Gasteiger partial charge in [0.05, 0.1) is 29.6 Å². The predicted octanol–water partition coefficient (Wildman–Crippen LogP) is 3.63. The van der Waals surface area contributed by atoms with Crippen LogP contribution in [0.25, 0.3) is 16.6 Å². The molecule has 128 valence electrons. The van der Waals surface area contributed by atoms with Gasteiger partial charge in [0.1, 0.15) is 0 Å². The summed E-state index contributed by atoms with van der Waals surface area (Å²) in [5, 5.41) is 4.40. The van der Waals surface area contributed by atoms with E-state index in [1.807, 2.05) is 54.3 Å². The average Bonchev–Trinajstić information content (AvgIpc) is 3.30. The third kappa shape index (κ3) is 2.91. The normalized spacial score (nSPS) is 17.1. The lowest BCUT2D eigenvalue weighted by Gasteiger charge is -2.12. The Morgan fingerprint density at radius 3 is 3.04 bits per heavy atom. The number of fused-ring (bicyclic) bond motifs is 1. The zero-order valence-electron chi connectivity index (χ0n) is 14.2. The van der Waals surface area contributed by atoms with Gasteiger partial charge in [-0.25, -0.2) is 4.79 Å². The molecule has 4 rings (SSSR count). The average molecular weight is 335 g/mol. The highest BCUT2D eigenvalue weighted by Crippen LogP contribution is 2.28. The maximum Gasteiger partial charge on any atom is 0.340 e. The van der Waals surface area contributed by atoms with Gasteiger partial charge in [0.2, 0.25) is 0 Å². The molecule has 0 aliphatic carbocycles. The second-order valence-electron chi connectivity index (χ2n) is 6.28. The van der Waals surface area contributed by atoms with Crippen LogP contribution in [0.1, 0.15) is 41.7 Å². The van der Waals surface area contributed by atoms with Crippen molar-refractivity contribution in [3.63, 3.8) is 0 Å². The number of hydrogen-bond acceptors (Lipinski definition) is 4. The summed E-state index contributed by atoms with van der Waals surface area (Å²) in [5.41, 5.74) is 3.70. The van der Waals surface area contributed by atoms with Crippen LogP contribution in [0.5, 0.6) is 0 Å². The molecule has 2 aromatic heterocycles. The Bertz CT molecular complexity index is 910. The molecule has 1 aromatic carbocycles. The number of esters is 1. The molecule has 1 aliphatic rings. The molecule has 5 nitrogen and oxygen atoms in total. The molecule has 1 N–H and O–H groups in total. The highest BCUT2D eigenvalue weighted by atomic mass is 16.5. The van der Waals surface area contributed by atoms with Crippen molar-refractivity contribution in [3.05, 3.63) is 60.0 Å². The molecular weight excluding hydrogens is 314 g/mol. The van der Waals surface area contributed by atoms with E-state index in [1.54, 1.807) is 0 Å². The van der Waals surface area contributed by atoms with Crippen LogP contribution in [0.15, 0.2) is 48.9 Å². The fourth-order valence-corrected chi connectivity index (χ4v) is 3.50. The lowest BCUT2D eigenvalue weighted by atomic mass is 10.1. The van der Waals surface area contributed by atoms with Crippen LogP contribution in [0, 0.1) is 0 Å². The summed E-state index contributed by atoms with van der Waals surface area (Å²) in [6.45, 7) is 3.23. The Morgan fingerprint density at radius 2 is 2.24 bits per heavy atom. The van der Waals surface area contributed by atoms with E-state index in [0.29, 0.717) is 18.2 Å². The topological polar surface area (TPSA) is 56.2 Å². The van der Waals surface area contributed by atoms with Gasteiger partial charge < -0.3 is 14.6 Å². The van der Waals surface area contributed by atoms with E-state index in [4.69, 9.17) is 4.74 Å². The van der Waals surface area contributed by atoms with Crippen molar-refractivity contribution in [2.75, 3.05) is 13.2 Å². The van der Waals surface area contributed by atoms with Gasteiger partial charge in [0, 0.05) is 23.8 Å². The van der Waals surface area contributed by atoms with Crippen molar-refractivity contribution >= 4 is 16.9 Å². The van der Waals surface area contributed by atoms with Crippen molar-refractivity contribution in [2.24, 2.45) is 0 Å². The van der Waals surface area contributed by atoms with Crippen LogP contribution in [0.2, 0.25) is 0 Å². The van der Waals surface area contributed by atoms with Gasteiger partial charge in [-0.3, -0.25) is 4.98 Å². The molecule has 1 atom stereocenters.